The van der Waals surface area contributed by atoms with E-state index in [1.807, 2.05) is 41.4 Å². The van der Waals surface area contributed by atoms with Gasteiger partial charge in [0.25, 0.3) is 0 Å². The maximum absolute atomic E-state index is 13.7. The van der Waals surface area contributed by atoms with Crippen molar-refractivity contribution < 1.29 is 9.59 Å². The molecule has 164 valence electrons. The number of carbonyl (C=O) groups excluding carboxylic acids is 2. The second-order valence-corrected chi connectivity index (χ2v) is 8.41. The number of nitrogens with one attached hydrogen (secondary N) is 2. The summed E-state index contributed by atoms with van der Waals surface area (Å²) in [6.07, 6.45) is 3.61. The average molecular weight is 429 g/mol. The van der Waals surface area contributed by atoms with Crippen molar-refractivity contribution in [3.63, 3.8) is 0 Å². The molecular formula is C24H28BN5O2. The van der Waals surface area contributed by atoms with E-state index >= 15 is 0 Å². The highest BCUT2D eigenvalue weighted by Crippen LogP contribution is 2.33. The molecule has 2 atom stereocenters. The van der Waals surface area contributed by atoms with Crippen LogP contribution in [0, 0.1) is 0 Å². The Kier molecular flexibility index (Phi) is 6.30. The fourth-order valence-corrected chi connectivity index (χ4v) is 4.05. The zero-order valence-corrected chi connectivity index (χ0v) is 18.7. The number of aromatic amines is 1. The fraction of sp³-hybridized carbons (Fsp3) is 0.292. The lowest BCUT2D eigenvalue weighted by Gasteiger charge is -2.29. The second-order valence-electron chi connectivity index (χ2n) is 8.41. The topological polar surface area (TPSA) is 81.3 Å². The van der Waals surface area contributed by atoms with Crippen molar-refractivity contribution in [3.8, 4) is 11.3 Å². The number of benzene rings is 2. The molecule has 3 amide bonds. The van der Waals surface area contributed by atoms with Crippen LogP contribution in [0.15, 0.2) is 60.8 Å². The lowest BCUT2D eigenvalue weighted by atomic mass is 9.95. The van der Waals surface area contributed by atoms with Gasteiger partial charge >= 0.3 is 6.03 Å². The largest absolute Gasteiger partial charge is 0.346 e. The zero-order chi connectivity index (χ0) is 22.7. The highest BCUT2D eigenvalue weighted by atomic mass is 16.2. The van der Waals surface area contributed by atoms with Crippen LogP contribution in [0.2, 0.25) is 0 Å². The minimum Gasteiger partial charge on any atom is -0.346 e. The minimum atomic E-state index is -0.752. The number of likely N-dealkylation sites (tertiary alicyclic amines) is 1. The van der Waals surface area contributed by atoms with Gasteiger partial charge in [-0.25, -0.2) is 9.78 Å². The number of amides is 3. The number of imidazole rings is 1. The van der Waals surface area contributed by atoms with Crippen LogP contribution in [0.1, 0.15) is 36.3 Å². The predicted octanol–water partition coefficient (Wildman–Crippen LogP) is 2.01. The van der Waals surface area contributed by atoms with Gasteiger partial charge in [-0.2, -0.15) is 0 Å². The van der Waals surface area contributed by atoms with Gasteiger partial charge in [-0.05, 0) is 18.4 Å². The number of hydrogen-bond acceptors (Lipinski definition) is 3. The van der Waals surface area contributed by atoms with Crippen LogP contribution in [-0.4, -0.2) is 60.2 Å². The van der Waals surface area contributed by atoms with E-state index in [-0.39, 0.29) is 18.0 Å². The lowest BCUT2D eigenvalue weighted by Crippen LogP contribution is -2.45. The van der Waals surface area contributed by atoms with Crippen LogP contribution in [0.25, 0.3) is 11.3 Å². The summed E-state index contributed by atoms with van der Waals surface area (Å²) in [4.78, 5) is 37.4. The van der Waals surface area contributed by atoms with E-state index in [1.54, 1.807) is 14.1 Å². The number of hydrogen-bond donors (Lipinski definition) is 2. The van der Waals surface area contributed by atoms with Crippen molar-refractivity contribution in [2.45, 2.75) is 24.9 Å². The first-order valence-corrected chi connectivity index (χ1v) is 10.9. The summed E-state index contributed by atoms with van der Waals surface area (Å²) in [6, 6.07) is 16.4. The molecule has 8 heteroatoms. The van der Waals surface area contributed by atoms with Gasteiger partial charge in [-0.1, -0.05) is 60.1 Å². The molecule has 0 bridgehead atoms. The van der Waals surface area contributed by atoms with E-state index in [4.69, 9.17) is 4.98 Å². The smallest absolute Gasteiger partial charge is 0.317 e. The van der Waals surface area contributed by atoms with E-state index in [1.165, 1.54) is 10.4 Å². The van der Waals surface area contributed by atoms with Crippen LogP contribution in [-0.2, 0) is 4.79 Å². The first kappa shape index (κ1) is 21.7. The maximum atomic E-state index is 13.7. The molecule has 32 heavy (non-hydrogen) atoms. The molecule has 2 heterocycles. The third-order valence-corrected chi connectivity index (χ3v) is 5.85. The Balaban J connectivity index is 1.59. The molecule has 2 aromatic carbocycles. The highest BCUT2D eigenvalue weighted by Gasteiger charge is 2.37. The van der Waals surface area contributed by atoms with Crippen LogP contribution >= 0.6 is 0 Å². The molecule has 4 rings (SSSR count). The molecule has 1 aromatic heterocycles. The van der Waals surface area contributed by atoms with E-state index in [9.17, 15) is 9.59 Å². The molecule has 3 aromatic rings. The number of rotatable bonds is 5. The molecule has 7 nitrogen and oxygen atoms in total. The quantitative estimate of drug-likeness (QED) is 0.609. The zero-order valence-electron chi connectivity index (χ0n) is 18.7. The number of nitrogens with zero attached hydrogens (tertiary/aromatic N) is 3. The summed E-state index contributed by atoms with van der Waals surface area (Å²) < 4.78 is 0. The summed E-state index contributed by atoms with van der Waals surface area (Å²) in [5.41, 5.74) is 3.86. The maximum Gasteiger partial charge on any atom is 0.317 e. The van der Waals surface area contributed by atoms with Crippen molar-refractivity contribution in [1.82, 2.24) is 25.1 Å². The van der Waals surface area contributed by atoms with Gasteiger partial charge in [0.1, 0.15) is 19.7 Å². The van der Waals surface area contributed by atoms with E-state index in [0.717, 1.165) is 35.5 Å². The number of urea groups is 1. The highest BCUT2D eigenvalue weighted by molar-refractivity contribution is 6.32. The molecule has 0 radical (unpaired) electrons. The third-order valence-electron chi connectivity index (χ3n) is 5.85. The van der Waals surface area contributed by atoms with Crippen LogP contribution in [0.5, 0.6) is 0 Å². The summed E-state index contributed by atoms with van der Waals surface area (Å²) in [7, 11) is 5.38. The van der Waals surface area contributed by atoms with Gasteiger partial charge in [0, 0.05) is 32.4 Å². The Morgan fingerprint density at radius 2 is 1.88 bits per heavy atom. The third kappa shape index (κ3) is 4.54. The van der Waals surface area contributed by atoms with Crippen molar-refractivity contribution >= 4 is 25.2 Å². The first-order chi connectivity index (χ1) is 15.4. The van der Waals surface area contributed by atoms with Gasteiger partial charge in [0.2, 0.25) is 5.91 Å². The van der Waals surface area contributed by atoms with Crippen molar-refractivity contribution in [3.05, 3.63) is 72.2 Å². The predicted molar refractivity (Wildman–Crippen MR) is 127 cm³/mol. The monoisotopic (exact) mass is 429 g/mol. The lowest BCUT2D eigenvalue weighted by molar-refractivity contribution is -0.134. The van der Waals surface area contributed by atoms with Crippen LogP contribution in [0.4, 0.5) is 4.79 Å². The second kappa shape index (κ2) is 9.30. The van der Waals surface area contributed by atoms with Crippen molar-refractivity contribution in [1.29, 1.82) is 0 Å². The molecule has 1 unspecified atom stereocenters. The molecular weight excluding hydrogens is 401 g/mol. The summed E-state index contributed by atoms with van der Waals surface area (Å²) in [5, 5.41) is 2.88. The fourth-order valence-electron chi connectivity index (χ4n) is 4.05. The molecule has 1 fully saturated rings. The SMILES string of the molecule is Bc1ccc(-c2c[nH]c([C@@H]3CCCN3C(=O)C(NC(=O)N(C)C)c3ccccc3)n2)cc1. The molecule has 1 aliphatic heterocycles. The molecule has 0 saturated carbocycles. The molecule has 0 spiro atoms. The molecule has 2 N–H and O–H groups in total. The van der Waals surface area contributed by atoms with Crippen LogP contribution < -0.4 is 10.8 Å². The van der Waals surface area contributed by atoms with Gasteiger partial charge in [-0.3, -0.25) is 4.79 Å². The Morgan fingerprint density at radius 1 is 1.16 bits per heavy atom. The standard InChI is InChI=1S/C24H28BN5O2/c1-29(2)24(32)28-21(17-7-4-3-5-8-17)23(31)30-14-6-9-20(30)22-26-15-19(27-22)16-10-12-18(25)13-11-16/h3-5,7-8,10-13,15,20-21H,6,9,14,25H2,1-2H3,(H,26,27)(H,28,32)/t20-,21?/m0/s1. The Bertz CT molecular complexity index is 1080. The first-order valence-electron chi connectivity index (χ1n) is 10.9. The van der Waals surface area contributed by atoms with E-state index in [0.29, 0.717) is 6.54 Å². The number of H-pyrrole nitrogens is 1. The number of aromatic nitrogens is 2. The number of carbonyl (C=O) groups is 2. The average Bonchev–Trinajstić information content (AvgIpc) is 3.47. The van der Waals surface area contributed by atoms with Gasteiger partial charge in [0.15, 0.2) is 0 Å². The molecule has 0 aliphatic carbocycles. The Hall–Kier alpha value is -3.55. The van der Waals surface area contributed by atoms with Gasteiger partial charge in [0.05, 0.1) is 11.7 Å². The summed E-state index contributed by atoms with van der Waals surface area (Å²) in [6.45, 7) is 0.630. The van der Waals surface area contributed by atoms with Crippen molar-refractivity contribution in [2.24, 2.45) is 0 Å². The van der Waals surface area contributed by atoms with E-state index < -0.39 is 6.04 Å². The van der Waals surface area contributed by atoms with Gasteiger partial charge < -0.3 is 20.1 Å². The normalized spacial score (nSPS) is 16.6. The van der Waals surface area contributed by atoms with Crippen molar-refractivity contribution in [2.75, 3.05) is 20.6 Å². The van der Waals surface area contributed by atoms with E-state index in [2.05, 4.69) is 42.4 Å². The summed E-state index contributed by atoms with van der Waals surface area (Å²) >= 11 is 0. The molecule has 1 saturated heterocycles. The molecule has 1 aliphatic rings. The summed E-state index contributed by atoms with van der Waals surface area (Å²) in [5.74, 6) is 0.652. The Morgan fingerprint density at radius 3 is 2.56 bits per heavy atom. The minimum absolute atomic E-state index is 0.123. The van der Waals surface area contributed by atoms with Gasteiger partial charge in [-0.15, -0.1) is 0 Å². The van der Waals surface area contributed by atoms with Crippen LogP contribution in [0.3, 0.4) is 0 Å². The Labute approximate surface area is 189 Å².